The number of nitrogens with zero attached hydrogens (tertiary/aromatic N) is 2. The number of ether oxygens (including phenoxy) is 1. The molecule has 0 radical (unpaired) electrons. The molecule has 5 nitrogen and oxygen atoms in total. The topological polar surface area (TPSA) is 54.5 Å². The van der Waals surface area contributed by atoms with Crippen molar-refractivity contribution in [3.8, 4) is 10.6 Å². The van der Waals surface area contributed by atoms with Gasteiger partial charge < -0.3 is 10.1 Å². The van der Waals surface area contributed by atoms with Gasteiger partial charge in [-0.15, -0.1) is 11.3 Å². The zero-order valence-electron chi connectivity index (χ0n) is 17.5. The van der Waals surface area contributed by atoms with Gasteiger partial charge in [0.2, 0.25) is 5.91 Å². The number of morpholine rings is 1. The lowest BCUT2D eigenvalue weighted by Gasteiger charge is -2.45. The van der Waals surface area contributed by atoms with Crippen molar-refractivity contribution >= 4 is 17.2 Å². The van der Waals surface area contributed by atoms with Crippen LogP contribution in [0.15, 0.2) is 29.6 Å². The van der Waals surface area contributed by atoms with Gasteiger partial charge in [-0.05, 0) is 34.6 Å². The Kier molecular flexibility index (Phi) is 6.53. The minimum Gasteiger partial charge on any atom is -0.373 e. The number of aryl methyl sites for hydroxylation is 1. The Balaban J connectivity index is 1.53. The van der Waals surface area contributed by atoms with Crippen LogP contribution < -0.4 is 5.32 Å². The molecule has 0 saturated carbocycles. The zero-order valence-corrected chi connectivity index (χ0v) is 18.3. The number of rotatable bonds is 6. The predicted octanol–water partition coefficient (Wildman–Crippen LogP) is 3.67. The summed E-state index contributed by atoms with van der Waals surface area (Å²) >= 11 is 1.58. The molecule has 1 aliphatic heterocycles. The molecule has 1 fully saturated rings. The molecule has 1 aliphatic rings. The molecular weight excluding hydrogens is 370 g/mol. The molecule has 6 heteroatoms. The largest absolute Gasteiger partial charge is 0.373 e. The van der Waals surface area contributed by atoms with Crippen molar-refractivity contribution in [3.63, 3.8) is 0 Å². The van der Waals surface area contributed by atoms with Gasteiger partial charge in [-0.3, -0.25) is 9.69 Å². The van der Waals surface area contributed by atoms with Crippen molar-refractivity contribution in [3.05, 3.63) is 40.9 Å². The second kappa shape index (κ2) is 8.72. The van der Waals surface area contributed by atoms with E-state index in [-0.39, 0.29) is 23.7 Å². The lowest BCUT2D eigenvalue weighted by atomic mass is 10.00. The summed E-state index contributed by atoms with van der Waals surface area (Å²) in [5.74, 6) is 0.0168. The third kappa shape index (κ3) is 5.40. The van der Waals surface area contributed by atoms with E-state index in [2.05, 4.69) is 74.1 Å². The maximum atomic E-state index is 12.5. The number of amides is 1. The van der Waals surface area contributed by atoms with Crippen molar-refractivity contribution in [2.24, 2.45) is 0 Å². The minimum atomic E-state index is -0.114. The van der Waals surface area contributed by atoms with Crippen molar-refractivity contribution in [2.45, 2.75) is 58.8 Å². The summed E-state index contributed by atoms with van der Waals surface area (Å²) in [4.78, 5) is 19.5. The number of nitrogens with one attached hydrogen (secondary N) is 1. The summed E-state index contributed by atoms with van der Waals surface area (Å²) in [6.45, 7) is 13.0. The van der Waals surface area contributed by atoms with Gasteiger partial charge in [0, 0.05) is 36.1 Å². The van der Waals surface area contributed by atoms with Gasteiger partial charge in [0.25, 0.3) is 0 Å². The monoisotopic (exact) mass is 401 g/mol. The third-order valence-electron chi connectivity index (χ3n) is 5.19. The van der Waals surface area contributed by atoms with Gasteiger partial charge in [-0.1, -0.05) is 29.8 Å². The molecule has 1 N–H and O–H groups in total. The van der Waals surface area contributed by atoms with E-state index < -0.39 is 0 Å². The van der Waals surface area contributed by atoms with Gasteiger partial charge in [0.15, 0.2) is 0 Å². The SMILES string of the molecule is Cc1ccc(-c2nc(CC(=O)NCC(C)(C)N3C[C@@H](C)O[C@@H](C)C3)cs2)cc1. The molecule has 0 spiro atoms. The smallest absolute Gasteiger partial charge is 0.226 e. The quantitative estimate of drug-likeness (QED) is 0.803. The lowest BCUT2D eigenvalue weighted by Crippen LogP contribution is -2.58. The van der Waals surface area contributed by atoms with Crippen LogP contribution >= 0.6 is 11.3 Å². The Bertz CT molecular complexity index is 790. The van der Waals surface area contributed by atoms with Crippen LogP contribution in [0, 0.1) is 6.92 Å². The molecular formula is C22H31N3O2S. The maximum Gasteiger partial charge on any atom is 0.226 e. The molecule has 1 aromatic heterocycles. The molecule has 1 amide bonds. The number of hydrogen-bond donors (Lipinski definition) is 1. The zero-order chi connectivity index (χ0) is 20.3. The molecule has 0 unspecified atom stereocenters. The highest BCUT2D eigenvalue weighted by Crippen LogP contribution is 2.24. The Hall–Kier alpha value is -1.76. The van der Waals surface area contributed by atoms with Crippen LogP contribution in [0.5, 0.6) is 0 Å². The van der Waals surface area contributed by atoms with E-state index in [1.165, 1.54) is 5.56 Å². The van der Waals surface area contributed by atoms with Crippen LogP contribution in [0.1, 0.15) is 39.0 Å². The van der Waals surface area contributed by atoms with Crippen LogP contribution in [0.4, 0.5) is 0 Å². The highest BCUT2D eigenvalue weighted by Gasteiger charge is 2.33. The first kappa shape index (κ1) is 21.0. The van der Waals surface area contributed by atoms with Gasteiger partial charge in [-0.2, -0.15) is 0 Å². The highest BCUT2D eigenvalue weighted by atomic mass is 32.1. The fraction of sp³-hybridized carbons (Fsp3) is 0.545. The number of benzene rings is 1. The molecule has 3 rings (SSSR count). The molecule has 1 saturated heterocycles. The van der Waals surface area contributed by atoms with Crippen LogP contribution in [0.3, 0.4) is 0 Å². The highest BCUT2D eigenvalue weighted by molar-refractivity contribution is 7.13. The average Bonchev–Trinajstić information content (AvgIpc) is 3.08. The molecule has 28 heavy (non-hydrogen) atoms. The summed E-state index contributed by atoms with van der Waals surface area (Å²) in [7, 11) is 0. The third-order valence-corrected chi connectivity index (χ3v) is 6.13. The van der Waals surface area contributed by atoms with E-state index in [0.717, 1.165) is 29.4 Å². The number of hydrogen-bond acceptors (Lipinski definition) is 5. The van der Waals surface area contributed by atoms with Gasteiger partial charge >= 0.3 is 0 Å². The van der Waals surface area contributed by atoms with Crippen molar-refractivity contribution in [1.29, 1.82) is 0 Å². The maximum absolute atomic E-state index is 12.5. The van der Waals surface area contributed by atoms with E-state index in [1.54, 1.807) is 11.3 Å². The second-order valence-electron chi connectivity index (χ2n) is 8.44. The van der Waals surface area contributed by atoms with Crippen LogP contribution in [0.2, 0.25) is 0 Å². The first-order valence-corrected chi connectivity index (χ1v) is 10.8. The summed E-state index contributed by atoms with van der Waals surface area (Å²) in [5, 5.41) is 6.03. The van der Waals surface area contributed by atoms with Gasteiger partial charge in [-0.25, -0.2) is 4.98 Å². The van der Waals surface area contributed by atoms with Crippen molar-refractivity contribution in [2.75, 3.05) is 19.6 Å². The first-order valence-electron chi connectivity index (χ1n) is 9.91. The Labute approximate surface area is 172 Å². The predicted molar refractivity (Wildman–Crippen MR) is 115 cm³/mol. The second-order valence-corrected chi connectivity index (χ2v) is 9.30. The van der Waals surface area contributed by atoms with E-state index in [4.69, 9.17) is 4.74 Å². The molecule has 2 aromatic rings. The molecule has 2 atom stereocenters. The fourth-order valence-electron chi connectivity index (χ4n) is 3.54. The molecule has 0 aliphatic carbocycles. The van der Waals surface area contributed by atoms with Crippen LogP contribution in [0.25, 0.3) is 10.6 Å². The number of carbonyl (C=O) groups excluding carboxylic acids is 1. The van der Waals surface area contributed by atoms with E-state index in [0.29, 0.717) is 13.0 Å². The first-order chi connectivity index (χ1) is 13.2. The number of aromatic nitrogens is 1. The van der Waals surface area contributed by atoms with Gasteiger partial charge in [0.05, 0.1) is 24.3 Å². The standard InChI is InChI=1S/C22H31N3O2S/c1-15-6-8-18(9-7-15)21-24-19(13-28-21)10-20(26)23-14-22(4,5)25-11-16(2)27-17(3)12-25/h6-9,13,16-17H,10-12,14H2,1-5H3,(H,23,26)/t16-,17+. The van der Waals surface area contributed by atoms with Crippen molar-refractivity contribution < 1.29 is 9.53 Å². The normalized spacial score (nSPS) is 20.9. The molecule has 1 aromatic carbocycles. The molecule has 0 bridgehead atoms. The Morgan fingerprint density at radius 3 is 2.54 bits per heavy atom. The summed E-state index contributed by atoms with van der Waals surface area (Å²) in [6, 6.07) is 8.31. The fourth-order valence-corrected chi connectivity index (χ4v) is 4.37. The summed E-state index contributed by atoms with van der Waals surface area (Å²) < 4.78 is 5.83. The number of carbonyl (C=O) groups is 1. The van der Waals surface area contributed by atoms with E-state index in [9.17, 15) is 4.79 Å². The van der Waals surface area contributed by atoms with E-state index >= 15 is 0 Å². The summed E-state index contributed by atoms with van der Waals surface area (Å²) in [5.41, 5.74) is 3.03. The van der Waals surface area contributed by atoms with Crippen molar-refractivity contribution in [1.82, 2.24) is 15.2 Å². The number of thiazole rings is 1. The van der Waals surface area contributed by atoms with Crippen LogP contribution in [-0.2, 0) is 16.0 Å². The lowest BCUT2D eigenvalue weighted by molar-refractivity contribution is -0.122. The van der Waals surface area contributed by atoms with Gasteiger partial charge in [0.1, 0.15) is 5.01 Å². The average molecular weight is 402 g/mol. The Morgan fingerprint density at radius 1 is 1.25 bits per heavy atom. The van der Waals surface area contributed by atoms with E-state index in [1.807, 2.05) is 5.38 Å². The van der Waals surface area contributed by atoms with Crippen LogP contribution in [-0.4, -0.2) is 53.2 Å². The molecule has 152 valence electrons. The summed E-state index contributed by atoms with van der Waals surface area (Å²) in [6.07, 6.45) is 0.747. The minimum absolute atomic E-state index is 0.0168. The Morgan fingerprint density at radius 2 is 1.89 bits per heavy atom. The molecule has 2 heterocycles.